The Hall–Kier alpha value is -4.56. The summed E-state index contributed by atoms with van der Waals surface area (Å²) in [5, 5.41) is 17.2. The first-order valence-corrected chi connectivity index (χ1v) is 17.3. The molecule has 0 bridgehead atoms. The van der Waals surface area contributed by atoms with Gasteiger partial charge in [0, 0.05) is 50.6 Å². The Balaban J connectivity index is 1.42. The largest absolute Gasteiger partial charge is 0.480 e. The van der Waals surface area contributed by atoms with E-state index in [-0.39, 0.29) is 13.0 Å². The lowest BCUT2D eigenvalue weighted by Gasteiger charge is -2.25. The molecule has 16 heteroatoms. The highest BCUT2D eigenvalue weighted by Gasteiger charge is 2.36. The number of anilines is 1. The van der Waals surface area contributed by atoms with E-state index < -0.39 is 66.9 Å². The summed E-state index contributed by atoms with van der Waals surface area (Å²) in [5.41, 5.74) is 2.37. The molecular formula is C34H44Cl2N6O8. The van der Waals surface area contributed by atoms with Crippen LogP contribution in [0.1, 0.15) is 30.9 Å². The molecule has 4 N–H and O–H groups in total. The van der Waals surface area contributed by atoms with Crippen molar-refractivity contribution in [2.45, 2.75) is 50.9 Å². The van der Waals surface area contributed by atoms with Gasteiger partial charge in [-0.25, -0.2) is 9.59 Å². The van der Waals surface area contributed by atoms with E-state index in [0.717, 1.165) is 16.2 Å². The van der Waals surface area contributed by atoms with E-state index in [1.807, 2.05) is 47.4 Å². The number of likely N-dealkylation sites (tertiary alicyclic amines) is 1. The van der Waals surface area contributed by atoms with Crippen LogP contribution in [0.4, 0.5) is 10.5 Å². The monoisotopic (exact) mass is 734 g/mol. The minimum Gasteiger partial charge on any atom is -0.480 e. The summed E-state index contributed by atoms with van der Waals surface area (Å²) in [5.74, 6) is -2.88. The third-order valence-corrected chi connectivity index (χ3v) is 8.39. The second kappa shape index (κ2) is 20.2. The van der Waals surface area contributed by atoms with Crippen molar-refractivity contribution in [1.29, 1.82) is 0 Å². The van der Waals surface area contributed by atoms with Crippen LogP contribution in [0.2, 0.25) is 0 Å². The fourth-order valence-electron chi connectivity index (χ4n) is 5.28. The number of nitrogens with one attached hydrogen (secondary N) is 3. The average molecular weight is 736 g/mol. The van der Waals surface area contributed by atoms with E-state index in [1.165, 1.54) is 18.9 Å². The van der Waals surface area contributed by atoms with Crippen molar-refractivity contribution in [3.63, 3.8) is 0 Å². The molecule has 1 aliphatic rings. The van der Waals surface area contributed by atoms with Crippen LogP contribution in [-0.4, -0.2) is 120 Å². The SMILES string of the molecule is C[C@H](NC(=O)[C@@H]1CCCN1C(=O)OCc1ccccc1)C(=O)NCC(=O)N(C)CC(=O)N[C@@H](Cc1ccc(N(CCCl)CCCl)cc1)C(=O)O. The fraction of sp³-hybridized carbons (Fsp3) is 0.471. The minimum atomic E-state index is -1.25. The first kappa shape index (κ1) is 39.9. The number of carbonyl (C=O) groups excluding carboxylic acids is 5. The second-order valence-corrected chi connectivity index (χ2v) is 12.5. The van der Waals surface area contributed by atoms with Gasteiger partial charge in [-0.3, -0.25) is 24.1 Å². The van der Waals surface area contributed by atoms with E-state index in [0.29, 0.717) is 49.8 Å². The van der Waals surface area contributed by atoms with Gasteiger partial charge in [-0.2, -0.15) is 0 Å². The van der Waals surface area contributed by atoms with Gasteiger partial charge in [0.15, 0.2) is 0 Å². The van der Waals surface area contributed by atoms with Crippen LogP contribution >= 0.6 is 23.2 Å². The molecule has 14 nitrogen and oxygen atoms in total. The van der Waals surface area contributed by atoms with Gasteiger partial charge in [-0.1, -0.05) is 42.5 Å². The van der Waals surface area contributed by atoms with Crippen LogP contribution in [0.15, 0.2) is 54.6 Å². The van der Waals surface area contributed by atoms with Crippen LogP contribution in [0.25, 0.3) is 0 Å². The number of carboxylic acid groups (broad SMARTS) is 1. The molecule has 0 aliphatic carbocycles. The number of halogens is 2. The number of carbonyl (C=O) groups is 6. The number of nitrogens with zero attached hydrogens (tertiary/aromatic N) is 3. The first-order valence-electron chi connectivity index (χ1n) is 16.2. The molecule has 0 saturated carbocycles. The Labute approximate surface area is 301 Å². The van der Waals surface area contributed by atoms with E-state index in [2.05, 4.69) is 16.0 Å². The highest BCUT2D eigenvalue weighted by Crippen LogP contribution is 2.20. The number of ether oxygens (including phenoxy) is 1. The Morgan fingerprint density at radius 1 is 0.960 bits per heavy atom. The van der Waals surface area contributed by atoms with E-state index in [4.69, 9.17) is 27.9 Å². The van der Waals surface area contributed by atoms with Gasteiger partial charge in [0.25, 0.3) is 0 Å². The highest BCUT2D eigenvalue weighted by atomic mass is 35.5. The molecule has 1 heterocycles. The predicted octanol–water partition coefficient (Wildman–Crippen LogP) is 1.96. The lowest BCUT2D eigenvalue weighted by atomic mass is 10.1. The summed E-state index contributed by atoms with van der Waals surface area (Å²) in [7, 11) is 1.34. The zero-order valence-electron chi connectivity index (χ0n) is 28.1. The zero-order chi connectivity index (χ0) is 36.6. The first-order chi connectivity index (χ1) is 23.9. The lowest BCUT2D eigenvalue weighted by Crippen LogP contribution is -2.53. The van der Waals surface area contributed by atoms with Crippen molar-refractivity contribution in [1.82, 2.24) is 25.8 Å². The van der Waals surface area contributed by atoms with E-state index >= 15 is 0 Å². The topological polar surface area (TPSA) is 178 Å². The van der Waals surface area contributed by atoms with Crippen LogP contribution in [0.3, 0.4) is 0 Å². The normalized spacial score (nSPS) is 15.0. The van der Waals surface area contributed by atoms with Gasteiger partial charge in [0.05, 0.1) is 13.1 Å². The van der Waals surface area contributed by atoms with Crippen molar-refractivity contribution in [3.05, 3.63) is 65.7 Å². The van der Waals surface area contributed by atoms with E-state index in [1.54, 1.807) is 12.1 Å². The summed E-state index contributed by atoms with van der Waals surface area (Å²) in [4.78, 5) is 79.9. The molecule has 1 saturated heterocycles. The smallest absolute Gasteiger partial charge is 0.410 e. The molecule has 272 valence electrons. The summed E-state index contributed by atoms with van der Waals surface area (Å²) in [6.07, 6.45) is 0.386. The molecule has 1 aliphatic heterocycles. The maximum Gasteiger partial charge on any atom is 0.410 e. The number of alkyl halides is 2. The van der Waals surface area contributed by atoms with E-state index in [9.17, 15) is 33.9 Å². The van der Waals surface area contributed by atoms with Crippen LogP contribution in [0, 0.1) is 0 Å². The third kappa shape index (κ3) is 12.4. The maximum atomic E-state index is 12.9. The number of amides is 5. The molecule has 2 aromatic carbocycles. The minimum absolute atomic E-state index is 0.0111. The summed E-state index contributed by atoms with van der Waals surface area (Å²) >= 11 is 11.7. The van der Waals surface area contributed by atoms with Crippen LogP contribution in [-0.2, 0) is 41.7 Å². The predicted molar refractivity (Wildman–Crippen MR) is 188 cm³/mol. The number of likely N-dealkylation sites (N-methyl/N-ethyl adjacent to an activating group) is 1. The van der Waals surface area contributed by atoms with Gasteiger partial charge in [0.2, 0.25) is 23.6 Å². The Bertz CT molecular complexity index is 1460. The number of rotatable bonds is 18. The Morgan fingerprint density at radius 2 is 1.62 bits per heavy atom. The van der Waals surface area contributed by atoms with Gasteiger partial charge in [0.1, 0.15) is 24.7 Å². The molecule has 3 rings (SSSR count). The van der Waals surface area contributed by atoms with Gasteiger partial charge in [-0.15, -0.1) is 23.2 Å². The van der Waals surface area contributed by atoms with Gasteiger partial charge in [-0.05, 0) is 43.0 Å². The quantitative estimate of drug-likeness (QED) is 0.167. The van der Waals surface area contributed by atoms with Crippen molar-refractivity contribution in [2.75, 3.05) is 56.4 Å². The van der Waals surface area contributed by atoms with Crippen LogP contribution in [0.5, 0.6) is 0 Å². The standard InChI is InChI=1S/C34H44Cl2N6O8/c1-23(38-32(46)28-9-6-16-42(28)34(49)50-22-25-7-4-3-5-8-25)31(45)37-20-30(44)40(2)21-29(43)39-27(33(47)48)19-24-10-12-26(13-11-24)41(17-14-35)18-15-36/h3-5,7-8,10-13,23,27-28H,6,9,14-22H2,1-2H3,(H,37,45)(H,38,46)(H,39,43)(H,47,48)/t23-,27-,28-/m0/s1. The second-order valence-electron chi connectivity index (χ2n) is 11.8. The number of hydrogen-bond donors (Lipinski definition) is 4. The van der Waals surface area contributed by atoms with Crippen molar-refractivity contribution in [2.24, 2.45) is 0 Å². The van der Waals surface area contributed by atoms with Crippen molar-refractivity contribution in [3.8, 4) is 0 Å². The molecule has 0 radical (unpaired) electrons. The average Bonchev–Trinajstić information content (AvgIpc) is 3.60. The molecule has 3 atom stereocenters. The van der Waals surface area contributed by atoms with Crippen molar-refractivity contribution >= 4 is 64.6 Å². The molecule has 2 aromatic rings. The number of aliphatic carboxylic acids is 1. The highest BCUT2D eigenvalue weighted by molar-refractivity contribution is 6.18. The lowest BCUT2D eigenvalue weighted by molar-refractivity contribution is -0.142. The summed E-state index contributed by atoms with van der Waals surface area (Å²) < 4.78 is 5.36. The molecular weight excluding hydrogens is 691 g/mol. The summed E-state index contributed by atoms with van der Waals surface area (Å²) in [6.45, 7) is 2.12. The zero-order valence-corrected chi connectivity index (χ0v) is 29.6. The Morgan fingerprint density at radius 3 is 2.24 bits per heavy atom. The van der Waals surface area contributed by atoms with Gasteiger partial charge < -0.3 is 35.6 Å². The molecule has 0 unspecified atom stereocenters. The van der Waals surface area contributed by atoms with Crippen molar-refractivity contribution < 1.29 is 38.6 Å². The molecule has 50 heavy (non-hydrogen) atoms. The third-order valence-electron chi connectivity index (χ3n) is 8.05. The molecule has 0 spiro atoms. The summed E-state index contributed by atoms with van der Waals surface area (Å²) in [6, 6.07) is 13.2. The maximum absolute atomic E-state index is 12.9. The fourth-order valence-corrected chi connectivity index (χ4v) is 5.69. The Kier molecular flexibility index (Phi) is 16.1. The molecule has 5 amide bonds. The molecule has 1 fully saturated rings. The number of benzene rings is 2. The van der Waals surface area contributed by atoms with Crippen LogP contribution < -0.4 is 20.9 Å². The van der Waals surface area contributed by atoms with Gasteiger partial charge >= 0.3 is 12.1 Å². The number of carboxylic acids is 1. The number of hydrogen-bond acceptors (Lipinski definition) is 8. The molecule has 0 aromatic heterocycles.